The monoisotopic (exact) mass is 294 g/mol. The third kappa shape index (κ3) is 7.88. The number of pyridine rings is 1. The number of carbonyl (C=O) groups is 2. The number of quaternary nitrogens is 1. The predicted molar refractivity (Wildman–Crippen MR) is 77.9 cm³/mol. The van der Waals surface area contributed by atoms with Gasteiger partial charge in [0.1, 0.15) is 5.82 Å². The van der Waals surface area contributed by atoms with Gasteiger partial charge in [-0.2, -0.15) is 0 Å². The molecule has 116 valence electrons. The minimum absolute atomic E-state index is 0.114. The second-order valence-corrected chi connectivity index (χ2v) is 5.09. The van der Waals surface area contributed by atoms with Gasteiger partial charge in [0.25, 0.3) is 0 Å². The van der Waals surface area contributed by atoms with E-state index in [1.54, 1.807) is 12.3 Å². The first-order chi connectivity index (χ1) is 9.97. The minimum atomic E-state index is -1.24. The SMILES string of the molecule is C[NH+](C)CCCNc1ccc(NC(=O)CCC(=O)[O-])nc1. The van der Waals surface area contributed by atoms with E-state index in [2.05, 4.69) is 29.7 Å². The summed E-state index contributed by atoms with van der Waals surface area (Å²) in [5.74, 6) is -1.22. The summed E-state index contributed by atoms with van der Waals surface area (Å²) >= 11 is 0. The summed E-state index contributed by atoms with van der Waals surface area (Å²) < 4.78 is 0. The molecule has 0 saturated heterocycles. The number of amides is 1. The van der Waals surface area contributed by atoms with Gasteiger partial charge in [0, 0.05) is 25.4 Å². The normalized spacial score (nSPS) is 10.4. The molecular formula is C14H22N4O3. The summed E-state index contributed by atoms with van der Waals surface area (Å²) in [4.78, 5) is 27.2. The van der Waals surface area contributed by atoms with Gasteiger partial charge in [-0.05, 0) is 18.6 Å². The number of hydrogen-bond acceptors (Lipinski definition) is 5. The van der Waals surface area contributed by atoms with Crippen LogP contribution in [0, 0.1) is 0 Å². The summed E-state index contributed by atoms with van der Waals surface area (Å²) in [5.41, 5.74) is 0.886. The van der Waals surface area contributed by atoms with Crippen LogP contribution >= 0.6 is 0 Å². The van der Waals surface area contributed by atoms with Gasteiger partial charge in [-0.25, -0.2) is 4.98 Å². The largest absolute Gasteiger partial charge is 0.550 e. The fourth-order valence-corrected chi connectivity index (χ4v) is 1.67. The maximum absolute atomic E-state index is 11.4. The minimum Gasteiger partial charge on any atom is -0.550 e. The molecule has 1 aromatic heterocycles. The lowest BCUT2D eigenvalue weighted by atomic mass is 10.3. The van der Waals surface area contributed by atoms with Crippen molar-refractivity contribution < 1.29 is 19.6 Å². The van der Waals surface area contributed by atoms with E-state index in [0.29, 0.717) is 5.82 Å². The Labute approximate surface area is 124 Å². The topological polar surface area (TPSA) is 98.6 Å². The van der Waals surface area contributed by atoms with Crippen molar-refractivity contribution in [2.75, 3.05) is 37.8 Å². The van der Waals surface area contributed by atoms with E-state index in [9.17, 15) is 14.7 Å². The molecule has 0 aromatic carbocycles. The van der Waals surface area contributed by atoms with Crippen LogP contribution in [-0.2, 0) is 9.59 Å². The highest BCUT2D eigenvalue weighted by Crippen LogP contribution is 2.10. The van der Waals surface area contributed by atoms with E-state index in [0.717, 1.165) is 25.2 Å². The summed E-state index contributed by atoms with van der Waals surface area (Å²) in [6, 6.07) is 3.50. The molecule has 0 atom stereocenters. The van der Waals surface area contributed by atoms with Crippen molar-refractivity contribution >= 4 is 23.4 Å². The first kappa shape index (κ1) is 16.9. The Morgan fingerprint density at radius 3 is 2.62 bits per heavy atom. The molecule has 0 aliphatic rings. The average molecular weight is 294 g/mol. The first-order valence-corrected chi connectivity index (χ1v) is 6.96. The van der Waals surface area contributed by atoms with Gasteiger partial charge < -0.3 is 25.4 Å². The number of aromatic nitrogens is 1. The van der Waals surface area contributed by atoms with Crippen LogP contribution in [0.25, 0.3) is 0 Å². The molecule has 0 spiro atoms. The molecule has 0 aliphatic heterocycles. The van der Waals surface area contributed by atoms with Gasteiger partial charge in [0.2, 0.25) is 5.91 Å². The zero-order valence-electron chi connectivity index (χ0n) is 12.4. The van der Waals surface area contributed by atoms with Gasteiger partial charge in [0.15, 0.2) is 0 Å². The Morgan fingerprint density at radius 1 is 1.29 bits per heavy atom. The van der Waals surface area contributed by atoms with Crippen LogP contribution in [0.2, 0.25) is 0 Å². The van der Waals surface area contributed by atoms with E-state index in [-0.39, 0.29) is 18.7 Å². The number of carbonyl (C=O) groups excluding carboxylic acids is 2. The highest BCUT2D eigenvalue weighted by atomic mass is 16.4. The van der Waals surface area contributed by atoms with E-state index < -0.39 is 5.97 Å². The van der Waals surface area contributed by atoms with Crippen molar-refractivity contribution in [2.45, 2.75) is 19.3 Å². The zero-order chi connectivity index (χ0) is 15.7. The fourth-order valence-electron chi connectivity index (χ4n) is 1.67. The number of hydrogen-bond donors (Lipinski definition) is 3. The van der Waals surface area contributed by atoms with Crippen LogP contribution in [0.4, 0.5) is 11.5 Å². The molecule has 0 fully saturated rings. The molecule has 21 heavy (non-hydrogen) atoms. The Balaban J connectivity index is 2.32. The van der Waals surface area contributed by atoms with Gasteiger partial charge in [-0.3, -0.25) is 4.79 Å². The highest BCUT2D eigenvalue weighted by molar-refractivity contribution is 5.91. The van der Waals surface area contributed by atoms with Crippen molar-refractivity contribution in [1.82, 2.24) is 4.98 Å². The van der Waals surface area contributed by atoms with Gasteiger partial charge >= 0.3 is 0 Å². The van der Waals surface area contributed by atoms with Gasteiger partial charge in [0.05, 0.1) is 32.5 Å². The van der Waals surface area contributed by atoms with E-state index in [1.165, 1.54) is 4.90 Å². The standard InChI is InChI=1S/C14H22N4O3/c1-18(2)9-3-8-15-11-4-5-12(16-10-11)17-13(19)6-7-14(20)21/h4-5,10,15H,3,6-9H2,1-2H3,(H,20,21)(H,16,17,19). The fraction of sp³-hybridized carbons (Fsp3) is 0.500. The molecule has 0 aliphatic carbocycles. The smallest absolute Gasteiger partial charge is 0.225 e. The molecule has 1 rings (SSSR count). The maximum atomic E-state index is 11.4. The molecule has 1 aromatic rings. The quantitative estimate of drug-likeness (QED) is 0.481. The van der Waals surface area contributed by atoms with Crippen molar-refractivity contribution in [3.05, 3.63) is 18.3 Å². The summed E-state index contributed by atoms with van der Waals surface area (Å²) in [6.07, 6.45) is 2.29. The third-order valence-corrected chi connectivity index (χ3v) is 2.77. The average Bonchev–Trinajstić information content (AvgIpc) is 2.43. The Hall–Kier alpha value is -2.15. The lowest BCUT2D eigenvalue weighted by molar-refractivity contribution is -0.858. The van der Waals surface area contributed by atoms with Crippen LogP contribution in [-0.4, -0.2) is 44.0 Å². The number of aliphatic carboxylic acids is 1. The molecule has 1 heterocycles. The van der Waals surface area contributed by atoms with Crippen molar-refractivity contribution in [3.63, 3.8) is 0 Å². The molecule has 3 N–H and O–H groups in total. The van der Waals surface area contributed by atoms with E-state index in [1.807, 2.05) is 6.07 Å². The van der Waals surface area contributed by atoms with Crippen LogP contribution < -0.4 is 20.6 Å². The molecule has 1 amide bonds. The lowest BCUT2D eigenvalue weighted by Gasteiger charge is -2.09. The van der Waals surface area contributed by atoms with Crippen molar-refractivity contribution in [3.8, 4) is 0 Å². The van der Waals surface area contributed by atoms with Crippen LogP contribution in [0.5, 0.6) is 0 Å². The molecule has 0 saturated carbocycles. The second kappa shape index (κ2) is 8.91. The lowest BCUT2D eigenvalue weighted by Crippen LogP contribution is -3.05. The second-order valence-electron chi connectivity index (χ2n) is 5.09. The summed E-state index contributed by atoms with van der Waals surface area (Å²) in [5, 5.41) is 16.0. The number of rotatable bonds is 9. The Kier molecular flexibility index (Phi) is 7.17. The Morgan fingerprint density at radius 2 is 2.05 bits per heavy atom. The molecular weight excluding hydrogens is 272 g/mol. The summed E-state index contributed by atoms with van der Waals surface area (Å²) in [7, 11) is 4.22. The molecule has 0 radical (unpaired) electrons. The van der Waals surface area contributed by atoms with Crippen molar-refractivity contribution in [1.29, 1.82) is 0 Å². The Bertz CT molecular complexity index is 460. The number of nitrogens with one attached hydrogen (secondary N) is 3. The van der Waals surface area contributed by atoms with Gasteiger partial charge in [-0.1, -0.05) is 0 Å². The van der Waals surface area contributed by atoms with Crippen LogP contribution in [0.15, 0.2) is 18.3 Å². The van der Waals surface area contributed by atoms with E-state index >= 15 is 0 Å². The third-order valence-electron chi connectivity index (χ3n) is 2.77. The molecule has 7 heteroatoms. The number of carboxylic acid groups (broad SMARTS) is 1. The number of anilines is 2. The van der Waals surface area contributed by atoms with E-state index in [4.69, 9.17) is 0 Å². The van der Waals surface area contributed by atoms with Gasteiger partial charge in [-0.15, -0.1) is 0 Å². The predicted octanol–water partition coefficient (Wildman–Crippen LogP) is -1.50. The molecule has 0 unspecified atom stereocenters. The molecule has 7 nitrogen and oxygen atoms in total. The zero-order valence-corrected chi connectivity index (χ0v) is 12.4. The highest BCUT2D eigenvalue weighted by Gasteiger charge is 2.03. The van der Waals surface area contributed by atoms with Crippen molar-refractivity contribution in [2.24, 2.45) is 0 Å². The van der Waals surface area contributed by atoms with Crippen LogP contribution in [0.3, 0.4) is 0 Å². The maximum Gasteiger partial charge on any atom is 0.225 e. The number of carboxylic acids is 1. The number of nitrogens with zero attached hydrogens (tertiary/aromatic N) is 1. The van der Waals surface area contributed by atoms with Crippen LogP contribution in [0.1, 0.15) is 19.3 Å². The summed E-state index contributed by atoms with van der Waals surface area (Å²) in [6.45, 7) is 1.96. The molecule has 0 bridgehead atoms. The first-order valence-electron chi connectivity index (χ1n) is 6.96.